The minimum absolute atomic E-state index is 0.197. The zero-order valence-electron chi connectivity index (χ0n) is 13.7. The van der Waals surface area contributed by atoms with E-state index in [-0.39, 0.29) is 12.5 Å². The second kappa shape index (κ2) is 7.49. The molecule has 0 unspecified atom stereocenters. The first-order valence-corrected chi connectivity index (χ1v) is 8.94. The molecule has 1 aliphatic rings. The maximum Gasteiger partial charge on any atom is 0.321 e. The lowest BCUT2D eigenvalue weighted by molar-refractivity contribution is -0.118. The van der Waals surface area contributed by atoms with Crippen LogP contribution in [0.25, 0.3) is 0 Å². The number of nitrogens with one attached hydrogen (secondary N) is 2. The number of imide groups is 1. The van der Waals surface area contributed by atoms with Gasteiger partial charge in [0, 0.05) is 17.1 Å². The van der Waals surface area contributed by atoms with E-state index in [9.17, 15) is 9.59 Å². The summed E-state index contributed by atoms with van der Waals surface area (Å²) in [5.74, 6) is -0.285. The molecule has 1 aromatic carbocycles. The summed E-state index contributed by atoms with van der Waals surface area (Å²) in [7, 11) is 0. The van der Waals surface area contributed by atoms with Crippen molar-refractivity contribution >= 4 is 29.0 Å². The smallest absolute Gasteiger partial charge is 0.321 e. The molecule has 0 spiro atoms. The Kier molecular flexibility index (Phi) is 5.15. The van der Waals surface area contributed by atoms with Crippen molar-refractivity contribution in [2.24, 2.45) is 0 Å². The quantitative estimate of drug-likeness (QED) is 0.897. The zero-order chi connectivity index (χ0) is 16.9. The number of rotatable bonds is 4. The molecule has 2 aromatic rings. The molecule has 0 aliphatic carbocycles. The molecule has 1 aromatic heterocycles. The van der Waals surface area contributed by atoms with Crippen LogP contribution < -0.4 is 15.5 Å². The molecule has 3 rings (SSSR count). The van der Waals surface area contributed by atoms with Gasteiger partial charge in [0.05, 0.1) is 13.1 Å². The van der Waals surface area contributed by atoms with Gasteiger partial charge in [-0.15, -0.1) is 11.3 Å². The molecule has 1 aliphatic heterocycles. The van der Waals surface area contributed by atoms with Crippen molar-refractivity contribution in [1.29, 1.82) is 0 Å². The third-order valence-electron chi connectivity index (χ3n) is 4.04. The molecule has 0 saturated carbocycles. The van der Waals surface area contributed by atoms with Gasteiger partial charge in [0.25, 0.3) is 0 Å². The molecule has 6 heteroatoms. The fourth-order valence-electron chi connectivity index (χ4n) is 2.93. The summed E-state index contributed by atoms with van der Waals surface area (Å²) in [6.07, 6.45) is 2.06. The zero-order valence-corrected chi connectivity index (χ0v) is 14.5. The van der Waals surface area contributed by atoms with Gasteiger partial charge in [-0.25, -0.2) is 4.79 Å². The van der Waals surface area contributed by atoms with E-state index in [0.717, 1.165) is 30.0 Å². The summed E-state index contributed by atoms with van der Waals surface area (Å²) in [4.78, 5) is 27.1. The van der Waals surface area contributed by atoms with Crippen LogP contribution in [0.3, 0.4) is 0 Å². The number of urea groups is 1. The van der Waals surface area contributed by atoms with Crippen LogP contribution in [0.15, 0.2) is 35.7 Å². The Morgan fingerprint density at radius 3 is 2.96 bits per heavy atom. The lowest BCUT2D eigenvalue weighted by Crippen LogP contribution is -2.45. The van der Waals surface area contributed by atoms with Crippen LogP contribution >= 0.6 is 11.3 Å². The van der Waals surface area contributed by atoms with Crippen molar-refractivity contribution in [3.8, 4) is 0 Å². The molecule has 3 amide bonds. The largest absolute Gasteiger partial charge is 0.362 e. The molecule has 0 fully saturated rings. The van der Waals surface area contributed by atoms with E-state index >= 15 is 0 Å². The van der Waals surface area contributed by atoms with E-state index in [1.807, 2.05) is 22.4 Å². The second-order valence-corrected chi connectivity index (χ2v) is 7.00. The van der Waals surface area contributed by atoms with E-state index in [4.69, 9.17) is 0 Å². The summed E-state index contributed by atoms with van der Waals surface area (Å²) < 4.78 is 0. The number of carbonyl (C=O) groups excluding carboxylic acids is 2. The number of aryl methyl sites for hydroxylation is 2. The van der Waals surface area contributed by atoms with Crippen molar-refractivity contribution in [3.05, 3.63) is 51.7 Å². The highest BCUT2D eigenvalue weighted by Crippen LogP contribution is 2.27. The maximum atomic E-state index is 12.1. The Bertz CT molecular complexity index is 728. The highest BCUT2D eigenvalue weighted by atomic mass is 32.1. The Hall–Kier alpha value is -2.34. The lowest BCUT2D eigenvalue weighted by Gasteiger charge is -2.30. The fourth-order valence-corrected chi connectivity index (χ4v) is 3.58. The van der Waals surface area contributed by atoms with Crippen LogP contribution in [0.2, 0.25) is 0 Å². The third-order valence-corrected chi connectivity index (χ3v) is 4.92. The fraction of sp³-hybridized carbons (Fsp3) is 0.333. The summed E-state index contributed by atoms with van der Waals surface area (Å²) in [5.41, 5.74) is 3.60. The molecule has 126 valence electrons. The predicted molar refractivity (Wildman–Crippen MR) is 96.4 cm³/mol. The number of anilines is 1. The maximum absolute atomic E-state index is 12.1. The average Bonchev–Trinajstić information content (AvgIpc) is 3.06. The predicted octanol–water partition coefficient (Wildman–Crippen LogP) is 2.84. The molecule has 5 nitrogen and oxygen atoms in total. The molecular formula is C18H21N3O2S. The van der Waals surface area contributed by atoms with Crippen LogP contribution in [-0.4, -0.2) is 25.0 Å². The topological polar surface area (TPSA) is 61.4 Å². The van der Waals surface area contributed by atoms with Crippen LogP contribution in [0.1, 0.15) is 22.4 Å². The molecule has 0 saturated heterocycles. The minimum atomic E-state index is -0.450. The number of carbonyl (C=O) groups is 2. The Labute approximate surface area is 145 Å². The van der Waals surface area contributed by atoms with Gasteiger partial charge in [0.15, 0.2) is 0 Å². The van der Waals surface area contributed by atoms with Crippen LogP contribution in [0, 0.1) is 6.92 Å². The number of fused-ring (bicyclic) bond motifs is 1. The van der Waals surface area contributed by atoms with E-state index in [1.54, 1.807) is 11.3 Å². The van der Waals surface area contributed by atoms with E-state index in [0.29, 0.717) is 6.54 Å². The molecule has 2 N–H and O–H groups in total. The molecule has 0 radical (unpaired) electrons. The van der Waals surface area contributed by atoms with Crippen molar-refractivity contribution in [2.75, 3.05) is 18.0 Å². The van der Waals surface area contributed by atoms with Crippen LogP contribution in [-0.2, 0) is 17.8 Å². The number of thiophene rings is 1. The summed E-state index contributed by atoms with van der Waals surface area (Å²) in [6.45, 7) is 3.54. The Balaban J connectivity index is 1.53. The average molecular weight is 343 g/mol. The van der Waals surface area contributed by atoms with E-state index < -0.39 is 6.03 Å². The van der Waals surface area contributed by atoms with Crippen LogP contribution in [0.4, 0.5) is 10.5 Å². The summed E-state index contributed by atoms with van der Waals surface area (Å²) >= 11 is 1.57. The number of nitrogens with zero attached hydrogens (tertiary/aromatic N) is 1. The van der Waals surface area contributed by atoms with Gasteiger partial charge < -0.3 is 10.2 Å². The first-order valence-electron chi connectivity index (χ1n) is 8.06. The van der Waals surface area contributed by atoms with Gasteiger partial charge in [0.1, 0.15) is 0 Å². The van der Waals surface area contributed by atoms with Crippen LogP contribution in [0.5, 0.6) is 0 Å². The molecule has 2 heterocycles. The minimum Gasteiger partial charge on any atom is -0.362 e. The monoisotopic (exact) mass is 343 g/mol. The molecular weight excluding hydrogens is 322 g/mol. The first-order chi connectivity index (χ1) is 11.6. The number of amides is 3. The van der Waals surface area contributed by atoms with Gasteiger partial charge >= 0.3 is 6.03 Å². The van der Waals surface area contributed by atoms with E-state index in [2.05, 4.69) is 35.8 Å². The number of benzene rings is 1. The van der Waals surface area contributed by atoms with Gasteiger partial charge in [0.2, 0.25) is 5.91 Å². The van der Waals surface area contributed by atoms with Crippen molar-refractivity contribution in [3.63, 3.8) is 0 Å². The van der Waals surface area contributed by atoms with Crippen molar-refractivity contribution < 1.29 is 9.59 Å². The normalized spacial score (nSPS) is 13.3. The molecule has 0 atom stereocenters. The molecule has 0 bridgehead atoms. The van der Waals surface area contributed by atoms with Crippen molar-refractivity contribution in [1.82, 2.24) is 10.6 Å². The SMILES string of the molecule is Cc1ccc2c(c1)CCCN2CC(=O)NC(=O)NCc1cccs1. The Morgan fingerprint density at radius 2 is 2.17 bits per heavy atom. The number of hydrogen-bond acceptors (Lipinski definition) is 4. The summed E-state index contributed by atoms with van der Waals surface area (Å²) in [5, 5.41) is 7.06. The molecule has 24 heavy (non-hydrogen) atoms. The summed E-state index contributed by atoms with van der Waals surface area (Å²) in [6, 6.07) is 9.72. The lowest BCUT2D eigenvalue weighted by atomic mass is 9.99. The second-order valence-electron chi connectivity index (χ2n) is 5.97. The standard InChI is InChI=1S/C18H21N3O2S/c1-13-6-7-16-14(10-13)4-2-8-21(16)12-17(22)20-18(23)19-11-15-5-3-9-24-15/h3,5-7,9-10H,2,4,8,11-12H2,1H3,(H2,19,20,22,23). The van der Waals surface area contributed by atoms with Gasteiger partial charge in [-0.3, -0.25) is 10.1 Å². The number of hydrogen-bond donors (Lipinski definition) is 2. The van der Waals surface area contributed by atoms with Gasteiger partial charge in [-0.2, -0.15) is 0 Å². The highest BCUT2D eigenvalue weighted by molar-refractivity contribution is 7.09. The van der Waals surface area contributed by atoms with Gasteiger partial charge in [-0.05, 0) is 42.8 Å². The third kappa shape index (κ3) is 4.14. The van der Waals surface area contributed by atoms with E-state index in [1.165, 1.54) is 11.1 Å². The van der Waals surface area contributed by atoms with Gasteiger partial charge in [-0.1, -0.05) is 23.8 Å². The van der Waals surface area contributed by atoms with Crippen molar-refractivity contribution in [2.45, 2.75) is 26.3 Å². The first kappa shape index (κ1) is 16.5. The highest BCUT2D eigenvalue weighted by Gasteiger charge is 2.20. The Morgan fingerprint density at radius 1 is 1.29 bits per heavy atom.